The van der Waals surface area contributed by atoms with Gasteiger partial charge in [0.25, 0.3) is 0 Å². The van der Waals surface area contributed by atoms with Crippen LogP contribution in [0.1, 0.15) is 46.5 Å². The van der Waals surface area contributed by atoms with Crippen LogP contribution in [0.2, 0.25) is 0 Å². The van der Waals surface area contributed by atoms with E-state index in [9.17, 15) is 9.59 Å². The summed E-state index contributed by atoms with van der Waals surface area (Å²) in [4.78, 5) is 25.1. The Hall–Kier alpha value is -1.10. The van der Waals surface area contributed by atoms with Gasteiger partial charge in [0.1, 0.15) is 0 Å². The lowest BCUT2D eigenvalue weighted by Gasteiger charge is -2.19. The van der Waals surface area contributed by atoms with Gasteiger partial charge >= 0.3 is 0 Å². The lowest BCUT2D eigenvalue weighted by atomic mass is 9.96. The van der Waals surface area contributed by atoms with Crippen LogP contribution < -0.4 is 11.1 Å². The fourth-order valence-electron chi connectivity index (χ4n) is 2.07. The largest absolute Gasteiger partial charge is 0.347 e. The molecular formula is C14H29N3O2. The summed E-state index contributed by atoms with van der Waals surface area (Å²) in [5, 5.41) is 2.69. The molecule has 5 heteroatoms. The first-order chi connectivity index (χ1) is 9.08. The Bertz CT molecular complexity index is 265. The smallest absolute Gasteiger partial charge is 0.241 e. The molecular weight excluding hydrogens is 242 g/mol. The molecule has 1 unspecified atom stereocenters. The number of rotatable bonds is 10. The van der Waals surface area contributed by atoms with E-state index in [1.54, 1.807) is 4.90 Å². The van der Waals surface area contributed by atoms with Gasteiger partial charge in [-0.2, -0.15) is 0 Å². The summed E-state index contributed by atoms with van der Waals surface area (Å²) in [6, 6.07) is 0. The highest BCUT2D eigenvalue weighted by molar-refractivity contribution is 5.84. The van der Waals surface area contributed by atoms with Crippen LogP contribution in [0.3, 0.4) is 0 Å². The molecule has 112 valence electrons. The lowest BCUT2D eigenvalue weighted by Crippen LogP contribution is -2.40. The molecule has 0 rings (SSSR count). The highest BCUT2D eigenvalue weighted by atomic mass is 16.2. The van der Waals surface area contributed by atoms with Crippen molar-refractivity contribution in [3.05, 3.63) is 0 Å². The molecule has 5 nitrogen and oxygen atoms in total. The number of likely N-dealkylation sites (N-methyl/N-ethyl adjacent to an activating group) is 1. The van der Waals surface area contributed by atoms with E-state index < -0.39 is 0 Å². The Balaban J connectivity index is 3.89. The van der Waals surface area contributed by atoms with Crippen molar-refractivity contribution in [2.75, 3.05) is 26.2 Å². The summed E-state index contributed by atoms with van der Waals surface area (Å²) in [5.74, 6) is 0.442. The molecule has 0 aliphatic rings. The predicted octanol–water partition coefficient (Wildman–Crippen LogP) is 1.13. The van der Waals surface area contributed by atoms with E-state index in [0.29, 0.717) is 32.0 Å². The van der Waals surface area contributed by atoms with E-state index in [2.05, 4.69) is 12.2 Å². The minimum atomic E-state index is -0.0454. The van der Waals surface area contributed by atoms with E-state index in [1.807, 2.05) is 13.8 Å². The molecule has 0 aliphatic carbocycles. The monoisotopic (exact) mass is 271 g/mol. The third kappa shape index (κ3) is 7.82. The maximum absolute atomic E-state index is 11.7. The molecule has 0 aromatic carbocycles. The third-order valence-electron chi connectivity index (χ3n) is 3.48. The van der Waals surface area contributed by atoms with E-state index in [4.69, 9.17) is 5.73 Å². The molecule has 0 saturated heterocycles. The summed E-state index contributed by atoms with van der Waals surface area (Å²) < 4.78 is 0. The minimum absolute atomic E-state index is 0.0210. The highest BCUT2D eigenvalue weighted by Gasteiger charge is 2.12. The average Bonchev–Trinajstić information content (AvgIpc) is 2.42. The second-order valence-electron chi connectivity index (χ2n) is 4.73. The fourth-order valence-corrected chi connectivity index (χ4v) is 2.07. The molecule has 0 aromatic rings. The highest BCUT2D eigenvalue weighted by Crippen LogP contribution is 2.14. The third-order valence-corrected chi connectivity index (χ3v) is 3.48. The first-order valence-electron chi connectivity index (χ1n) is 7.33. The van der Waals surface area contributed by atoms with Gasteiger partial charge in [0.2, 0.25) is 11.8 Å². The maximum Gasteiger partial charge on any atom is 0.241 e. The number of nitrogens with two attached hydrogens (primary N) is 1. The molecule has 0 heterocycles. The molecule has 1 atom stereocenters. The first kappa shape index (κ1) is 17.9. The van der Waals surface area contributed by atoms with Crippen LogP contribution in [0.25, 0.3) is 0 Å². The molecule has 19 heavy (non-hydrogen) atoms. The van der Waals surface area contributed by atoms with Gasteiger partial charge in [-0.3, -0.25) is 9.59 Å². The molecule has 3 N–H and O–H groups in total. The van der Waals surface area contributed by atoms with Crippen LogP contribution in [-0.2, 0) is 9.59 Å². The van der Waals surface area contributed by atoms with Crippen molar-refractivity contribution < 1.29 is 9.59 Å². The predicted molar refractivity (Wildman–Crippen MR) is 77.6 cm³/mol. The molecule has 0 saturated carbocycles. The minimum Gasteiger partial charge on any atom is -0.347 e. The van der Waals surface area contributed by atoms with Gasteiger partial charge in [0, 0.05) is 19.5 Å². The number of hydrogen-bond donors (Lipinski definition) is 2. The number of nitrogens with zero attached hydrogens (tertiary/aromatic N) is 1. The van der Waals surface area contributed by atoms with Gasteiger partial charge in [-0.1, -0.05) is 13.3 Å². The zero-order valence-electron chi connectivity index (χ0n) is 12.6. The summed E-state index contributed by atoms with van der Waals surface area (Å²) in [6.07, 6.45) is 3.33. The van der Waals surface area contributed by atoms with Crippen molar-refractivity contribution in [3.8, 4) is 0 Å². The quantitative estimate of drug-likeness (QED) is 0.625. The standard InChI is InChI=1S/C14H29N3O2/c1-4-12(9-10-15)7-8-13(18)16-11-14(19)17(5-2)6-3/h12H,4-11,15H2,1-3H3,(H,16,18). The molecule has 0 spiro atoms. The number of amides is 2. The van der Waals surface area contributed by atoms with Crippen LogP contribution >= 0.6 is 0 Å². The lowest BCUT2D eigenvalue weighted by molar-refractivity contribution is -0.132. The van der Waals surface area contributed by atoms with Gasteiger partial charge in [-0.15, -0.1) is 0 Å². The first-order valence-corrected chi connectivity index (χ1v) is 7.33. The van der Waals surface area contributed by atoms with Crippen molar-refractivity contribution in [2.45, 2.75) is 46.5 Å². The second kappa shape index (κ2) is 10.8. The van der Waals surface area contributed by atoms with E-state index in [-0.39, 0.29) is 18.4 Å². The van der Waals surface area contributed by atoms with Gasteiger partial charge in [0.05, 0.1) is 6.54 Å². The summed E-state index contributed by atoms with van der Waals surface area (Å²) in [6.45, 7) is 8.11. The molecule has 0 fully saturated rings. The maximum atomic E-state index is 11.7. The van der Waals surface area contributed by atoms with Gasteiger partial charge in [-0.25, -0.2) is 0 Å². The van der Waals surface area contributed by atoms with Gasteiger partial charge in [0.15, 0.2) is 0 Å². The Morgan fingerprint density at radius 1 is 1.16 bits per heavy atom. The summed E-state index contributed by atoms with van der Waals surface area (Å²) in [5.41, 5.74) is 5.52. The number of nitrogens with one attached hydrogen (secondary N) is 1. The van der Waals surface area contributed by atoms with Crippen LogP contribution in [-0.4, -0.2) is 42.9 Å². The van der Waals surface area contributed by atoms with Gasteiger partial charge in [-0.05, 0) is 39.2 Å². The molecule has 0 bridgehead atoms. The van der Waals surface area contributed by atoms with Crippen LogP contribution in [0.5, 0.6) is 0 Å². The SMILES string of the molecule is CCC(CCN)CCC(=O)NCC(=O)N(CC)CC. The summed E-state index contributed by atoms with van der Waals surface area (Å²) in [7, 11) is 0. The topological polar surface area (TPSA) is 75.4 Å². The number of carbonyl (C=O) groups excluding carboxylic acids is 2. The van der Waals surface area contributed by atoms with Crippen molar-refractivity contribution in [2.24, 2.45) is 11.7 Å². The number of hydrogen-bond acceptors (Lipinski definition) is 3. The second-order valence-corrected chi connectivity index (χ2v) is 4.73. The zero-order chi connectivity index (χ0) is 14.7. The summed E-state index contributed by atoms with van der Waals surface area (Å²) >= 11 is 0. The number of carbonyl (C=O) groups is 2. The zero-order valence-corrected chi connectivity index (χ0v) is 12.6. The molecule has 0 radical (unpaired) electrons. The van der Waals surface area contributed by atoms with Crippen molar-refractivity contribution in [1.29, 1.82) is 0 Å². The Morgan fingerprint density at radius 2 is 1.79 bits per heavy atom. The van der Waals surface area contributed by atoms with Gasteiger partial charge < -0.3 is 16.0 Å². The average molecular weight is 271 g/mol. The normalized spacial score (nSPS) is 12.0. The van der Waals surface area contributed by atoms with E-state index >= 15 is 0 Å². The van der Waals surface area contributed by atoms with Crippen molar-refractivity contribution in [1.82, 2.24) is 10.2 Å². The Morgan fingerprint density at radius 3 is 2.26 bits per heavy atom. The van der Waals surface area contributed by atoms with Crippen molar-refractivity contribution in [3.63, 3.8) is 0 Å². The van der Waals surface area contributed by atoms with E-state index in [0.717, 1.165) is 19.3 Å². The van der Waals surface area contributed by atoms with Crippen LogP contribution in [0.4, 0.5) is 0 Å². The Labute approximate surface area is 116 Å². The van der Waals surface area contributed by atoms with Crippen LogP contribution in [0.15, 0.2) is 0 Å². The van der Waals surface area contributed by atoms with Crippen LogP contribution in [0, 0.1) is 5.92 Å². The molecule has 0 aromatic heterocycles. The Kier molecular flexibility index (Phi) is 10.2. The molecule has 0 aliphatic heterocycles. The fraction of sp³-hybridized carbons (Fsp3) is 0.857. The molecule has 2 amide bonds. The van der Waals surface area contributed by atoms with E-state index in [1.165, 1.54) is 0 Å². The van der Waals surface area contributed by atoms with Crippen molar-refractivity contribution >= 4 is 11.8 Å².